The molecule has 0 radical (unpaired) electrons. The van der Waals surface area contributed by atoms with Crippen molar-refractivity contribution in [3.8, 4) is 0 Å². The van der Waals surface area contributed by atoms with Gasteiger partial charge in [-0.25, -0.2) is 9.59 Å². The highest BCUT2D eigenvalue weighted by molar-refractivity contribution is 6.09. The van der Waals surface area contributed by atoms with E-state index in [1.165, 1.54) is 0 Å². The summed E-state index contributed by atoms with van der Waals surface area (Å²) in [6, 6.07) is 0. The van der Waals surface area contributed by atoms with Crippen LogP contribution in [0.15, 0.2) is 58.7 Å². The summed E-state index contributed by atoms with van der Waals surface area (Å²) < 4.78 is 18.8. The Labute approximate surface area is 251 Å². The molecule has 2 saturated carbocycles. The quantitative estimate of drug-likeness (QED) is 0.217. The van der Waals surface area contributed by atoms with Crippen molar-refractivity contribution in [3.05, 3.63) is 58.7 Å². The van der Waals surface area contributed by atoms with E-state index in [1.807, 2.05) is 39.8 Å². The highest BCUT2D eigenvalue weighted by Gasteiger charge is 2.84. The molecular weight excluding hydrogens is 548 g/mol. The highest BCUT2D eigenvalue weighted by Crippen LogP contribution is 2.80. The number of allylic oxidation sites excluding steroid dienone is 3. The third kappa shape index (κ3) is 3.20. The van der Waals surface area contributed by atoms with Gasteiger partial charge in [0, 0.05) is 51.7 Å². The lowest BCUT2D eigenvalue weighted by Crippen LogP contribution is -2.53. The maximum Gasteiger partial charge on any atom is 0.334 e. The molecule has 8 nitrogen and oxygen atoms in total. The van der Waals surface area contributed by atoms with Gasteiger partial charge in [0.2, 0.25) is 0 Å². The minimum Gasteiger partial charge on any atom is -0.460 e. The first-order valence-corrected chi connectivity index (χ1v) is 15.4. The van der Waals surface area contributed by atoms with Crippen molar-refractivity contribution in [2.24, 2.45) is 39.9 Å². The lowest BCUT2D eigenvalue weighted by Gasteiger charge is -2.46. The number of rotatable bonds is 2. The lowest BCUT2D eigenvalue weighted by molar-refractivity contribution is -0.159. The number of ketones is 1. The van der Waals surface area contributed by atoms with Gasteiger partial charge in [-0.05, 0) is 60.0 Å². The van der Waals surface area contributed by atoms with Crippen LogP contribution in [0.4, 0.5) is 0 Å². The fourth-order valence-corrected chi connectivity index (χ4v) is 10.5. The number of hydrogen-bond acceptors (Lipinski definition) is 8. The number of carbonyl (C=O) groups is 4. The Hall–Kier alpha value is -3.26. The number of aliphatic hydroxyl groups is 1. The zero-order chi connectivity index (χ0) is 31.0. The van der Waals surface area contributed by atoms with E-state index in [4.69, 9.17) is 14.2 Å². The first kappa shape index (κ1) is 28.5. The average molecular weight is 589 g/mol. The topological polar surface area (TPSA) is 116 Å². The molecule has 0 aromatic heterocycles. The second-order valence-electron chi connectivity index (χ2n) is 14.5. The van der Waals surface area contributed by atoms with Crippen molar-refractivity contribution in [3.63, 3.8) is 0 Å². The van der Waals surface area contributed by atoms with Gasteiger partial charge in [-0.15, -0.1) is 0 Å². The largest absolute Gasteiger partial charge is 0.460 e. The van der Waals surface area contributed by atoms with Gasteiger partial charge < -0.3 is 19.3 Å². The molecular formula is C35H40O8. The van der Waals surface area contributed by atoms with Gasteiger partial charge in [0.25, 0.3) is 0 Å². The van der Waals surface area contributed by atoms with Gasteiger partial charge in [0.1, 0.15) is 18.3 Å². The predicted octanol–water partition coefficient (Wildman–Crippen LogP) is 4.48. The molecule has 2 aliphatic heterocycles. The van der Waals surface area contributed by atoms with Crippen LogP contribution in [0, 0.1) is 39.9 Å². The Morgan fingerprint density at radius 1 is 1.14 bits per heavy atom. The minimum absolute atomic E-state index is 0.0997. The maximum absolute atomic E-state index is 14.7. The van der Waals surface area contributed by atoms with Crippen LogP contribution in [0.2, 0.25) is 0 Å². The molecule has 11 atom stereocenters. The fraction of sp³-hybridized carbons (Fsp3) is 0.600. The Kier molecular flexibility index (Phi) is 5.75. The highest BCUT2D eigenvalue weighted by atomic mass is 16.6. The summed E-state index contributed by atoms with van der Waals surface area (Å²) in [5, 5.41) is 12.3. The molecule has 2 heterocycles. The molecule has 228 valence electrons. The van der Waals surface area contributed by atoms with Gasteiger partial charge in [-0.3, -0.25) is 9.59 Å². The summed E-state index contributed by atoms with van der Waals surface area (Å²) in [6.45, 7) is 15.1. The summed E-state index contributed by atoms with van der Waals surface area (Å²) in [7, 11) is 0. The number of ether oxygens (including phenoxy) is 3. The SMILES string of the molecule is C=C1C(=O)O[C@@H]2[C@@H]3C4(C=C[C@@]3(C)C3(C4)C(=O)O[C@@H]4[C@H]5C(C)=CC(=O)C5=C(C)C[C@H](OC(=O)/C(C)=C/C)[C@H]43)[C@](C)(O)CC[C@@H]12. The van der Waals surface area contributed by atoms with Crippen molar-refractivity contribution in [2.45, 2.75) is 91.1 Å². The second kappa shape index (κ2) is 8.68. The summed E-state index contributed by atoms with van der Waals surface area (Å²) >= 11 is 0. The first-order chi connectivity index (χ1) is 20.1. The van der Waals surface area contributed by atoms with Gasteiger partial charge in [-0.1, -0.05) is 42.9 Å². The monoisotopic (exact) mass is 588 g/mol. The average Bonchev–Trinajstić information content (AvgIpc) is 3.62. The minimum atomic E-state index is -1.22. The van der Waals surface area contributed by atoms with Crippen molar-refractivity contribution >= 4 is 23.7 Å². The molecule has 7 aliphatic rings. The van der Waals surface area contributed by atoms with E-state index in [2.05, 4.69) is 6.58 Å². The van der Waals surface area contributed by atoms with E-state index in [9.17, 15) is 24.3 Å². The third-order valence-electron chi connectivity index (χ3n) is 12.7. The Bertz CT molecular complexity index is 1540. The van der Waals surface area contributed by atoms with E-state index in [-0.39, 0.29) is 24.5 Å². The smallest absolute Gasteiger partial charge is 0.334 e. The molecule has 43 heavy (non-hydrogen) atoms. The predicted molar refractivity (Wildman–Crippen MR) is 155 cm³/mol. The van der Waals surface area contributed by atoms with E-state index in [1.54, 1.807) is 26.0 Å². The molecule has 2 unspecified atom stereocenters. The van der Waals surface area contributed by atoms with Crippen LogP contribution in [0.1, 0.15) is 67.2 Å². The van der Waals surface area contributed by atoms with E-state index >= 15 is 0 Å². The van der Waals surface area contributed by atoms with Crippen LogP contribution in [0.3, 0.4) is 0 Å². The zero-order valence-electron chi connectivity index (χ0n) is 25.7. The van der Waals surface area contributed by atoms with Crippen LogP contribution in [0.5, 0.6) is 0 Å². The molecule has 0 aromatic carbocycles. The Balaban J connectivity index is 1.44. The van der Waals surface area contributed by atoms with Crippen molar-refractivity contribution in [2.75, 3.05) is 0 Å². The molecule has 0 amide bonds. The van der Waals surface area contributed by atoms with Gasteiger partial charge in [0.05, 0.1) is 16.9 Å². The molecule has 4 fully saturated rings. The first-order valence-electron chi connectivity index (χ1n) is 15.4. The summed E-state index contributed by atoms with van der Waals surface area (Å²) in [6.07, 6.45) is 6.82. The second-order valence-corrected chi connectivity index (χ2v) is 14.5. The molecule has 1 N–H and O–H groups in total. The van der Waals surface area contributed by atoms with Crippen LogP contribution >= 0.6 is 0 Å². The third-order valence-corrected chi connectivity index (χ3v) is 12.7. The van der Waals surface area contributed by atoms with Crippen molar-refractivity contribution < 1.29 is 38.5 Å². The molecule has 5 aliphatic carbocycles. The Morgan fingerprint density at radius 3 is 2.56 bits per heavy atom. The summed E-state index contributed by atoms with van der Waals surface area (Å²) in [5.41, 5.74) is -1.13. The molecule has 1 spiro atoms. The number of fused-ring (bicyclic) bond motifs is 6. The molecule has 2 saturated heterocycles. The van der Waals surface area contributed by atoms with Crippen molar-refractivity contribution in [1.29, 1.82) is 0 Å². The molecule has 0 aromatic rings. The van der Waals surface area contributed by atoms with Crippen LogP contribution in [-0.4, -0.2) is 52.7 Å². The van der Waals surface area contributed by atoms with Crippen LogP contribution in [-0.2, 0) is 33.4 Å². The van der Waals surface area contributed by atoms with Gasteiger partial charge in [0.15, 0.2) is 5.78 Å². The Morgan fingerprint density at radius 2 is 1.86 bits per heavy atom. The molecule has 2 bridgehead atoms. The normalized spacial score (nSPS) is 47.9. The lowest BCUT2D eigenvalue weighted by atomic mass is 9.54. The van der Waals surface area contributed by atoms with Crippen LogP contribution < -0.4 is 0 Å². The van der Waals surface area contributed by atoms with E-state index in [0.717, 1.165) is 11.1 Å². The summed E-state index contributed by atoms with van der Waals surface area (Å²) in [4.78, 5) is 54.2. The number of carbonyl (C=O) groups excluding carboxylic acids is 4. The summed E-state index contributed by atoms with van der Waals surface area (Å²) in [5.74, 6) is -3.18. The fourth-order valence-electron chi connectivity index (χ4n) is 10.5. The van der Waals surface area contributed by atoms with E-state index in [0.29, 0.717) is 29.6 Å². The number of esters is 3. The van der Waals surface area contributed by atoms with Gasteiger partial charge in [-0.2, -0.15) is 0 Å². The molecule has 8 heteroatoms. The zero-order valence-corrected chi connectivity index (χ0v) is 25.7. The van der Waals surface area contributed by atoms with E-state index < -0.39 is 75.8 Å². The standard InChI is InChI=1S/C35H40O8/c1-8-16(2)29(37)41-22-14-18(4)23-21(36)13-17(3)24(23)27-25(22)35(31(39)43-27)15-34-12-11-32(35,6)28(34)26-20(9-10-33(34,7)40)19(5)30(38)42-26/h8,11-13,20,22,24-28,40H,5,9-10,14-15H2,1-4,6-7H3/b16-8+/t20-,22-,24-,25+,26-,27+,28-,32+,33+,34?,35?/m0/s1. The van der Waals surface area contributed by atoms with Crippen molar-refractivity contribution in [1.82, 2.24) is 0 Å². The molecule has 7 rings (SSSR count). The number of hydrogen-bond donors (Lipinski definition) is 1. The van der Waals surface area contributed by atoms with Gasteiger partial charge >= 0.3 is 17.9 Å². The van der Waals surface area contributed by atoms with Crippen LogP contribution in [0.25, 0.3) is 0 Å². The maximum atomic E-state index is 14.7.